The Labute approximate surface area is 77.3 Å². The molecule has 0 saturated heterocycles. The number of benzene rings is 1. The molecule has 0 aliphatic carbocycles. The molecule has 0 spiro atoms. The summed E-state index contributed by atoms with van der Waals surface area (Å²) in [6.07, 6.45) is 2.07. The molecule has 1 aromatic rings. The lowest BCUT2D eigenvalue weighted by molar-refractivity contribution is 1.41. The second kappa shape index (κ2) is 4.33. The second-order valence-electron chi connectivity index (χ2n) is 3.00. The molecule has 1 aromatic carbocycles. The van der Waals surface area contributed by atoms with Gasteiger partial charge >= 0.3 is 0 Å². The average Bonchev–Trinajstić information content (AvgIpc) is 2.08. The van der Waals surface area contributed by atoms with Gasteiger partial charge in [-0.1, -0.05) is 41.0 Å². The molecule has 1 rings (SSSR count). The van der Waals surface area contributed by atoms with Gasteiger partial charge in [-0.2, -0.15) is 0 Å². The monoisotopic (exact) mass is 173 g/mol. The molecule has 0 unspecified atom stereocenters. The van der Waals surface area contributed by atoms with E-state index in [9.17, 15) is 0 Å². The van der Waals surface area contributed by atoms with Crippen LogP contribution in [-0.4, -0.2) is 0 Å². The molecule has 0 heterocycles. The summed E-state index contributed by atoms with van der Waals surface area (Å²) in [7, 11) is 0. The van der Waals surface area contributed by atoms with Gasteiger partial charge in [-0.15, -0.1) is 0 Å². The fourth-order valence-electron chi connectivity index (χ4n) is 1.02. The van der Waals surface area contributed by atoms with Gasteiger partial charge in [-0.25, -0.2) is 0 Å². The maximum Gasteiger partial charge on any atom is 0.0375 e. The van der Waals surface area contributed by atoms with E-state index in [0.717, 1.165) is 5.56 Å². The molecular formula is C10H11N3. The SMILES string of the molecule is CC(C)=Cc1ccc(N=[N+]=[N-])cc1. The number of rotatable bonds is 2. The summed E-state index contributed by atoms with van der Waals surface area (Å²) in [6.45, 7) is 4.09. The van der Waals surface area contributed by atoms with Crippen molar-refractivity contribution in [3.63, 3.8) is 0 Å². The van der Waals surface area contributed by atoms with Crippen molar-refractivity contribution >= 4 is 11.8 Å². The highest BCUT2D eigenvalue weighted by Gasteiger charge is 1.88. The van der Waals surface area contributed by atoms with Crippen LogP contribution >= 0.6 is 0 Å². The number of hydrogen-bond acceptors (Lipinski definition) is 1. The Morgan fingerprint density at radius 3 is 2.38 bits per heavy atom. The zero-order valence-electron chi connectivity index (χ0n) is 7.73. The third-order valence-corrected chi connectivity index (χ3v) is 1.51. The summed E-state index contributed by atoms with van der Waals surface area (Å²) in [5.74, 6) is 0. The molecule has 0 aromatic heterocycles. The van der Waals surface area contributed by atoms with Gasteiger partial charge in [0.05, 0.1) is 0 Å². The lowest BCUT2D eigenvalue weighted by atomic mass is 10.1. The van der Waals surface area contributed by atoms with Crippen LogP contribution in [0.5, 0.6) is 0 Å². The van der Waals surface area contributed by atoms with Crippen molar-refractivity contribution in [3.8, 4) is 0 Å². The van der Waals surface area contributed by atoms with E-state index in [1.54, 1.807) is 12.1 Å². The molecule has 0 aliphatic rings. The topological polar surface area (TPSA) is 48.8 Å². The van der Waals surface area contributed by atoms with E-state index in [0.29, 0.717) is 5.69 Å². The first-order chi connectivity index (χ1) is 6.22. The number of nitrogens with zero attached hydrogens (tertiary/aromatic N) is 3. The molecule has 0 N–H and O–H groups in total. The first kappa shape index (κ1) is 9.36. The molecule has 0 atom stereocenters. The van der Waals surface area contributed by atoms with Crippen molar-refractivity contribution in [2.24, 2.45) is 5.11 Å². The van der Waals surface area contributed by atoms with E-state index < -0.39 is 0 Å². The molecule has 13 heavy (non-hydrogen) atoms. The third kappa shape index (κ3) is 3.01. The molecular weight excluding hydrogens is 162 g/mol. The average molecular weight is 173 g/mol. The Hall–Kier alpha value is -1.73. The predicted molar refractivity (Wildman–Crippen MR) is 54.6 cm³/mol. The van der Waals surface area contributed by atoms with Crippen LogP contribution in [0.4, 0.5) is 5.69 Å². The van der Waals surface area contributed by atoms with Gasteiger partial charge in [-0.05, 0) is 24.9 Å². The Morgan fingerprint density at radius 1 is 1.31 bits per heavy atom. The molecule has 66 valence electrons. The highest BCUT2D eigenvalue weighted by Crippen LogP contribution is 2.14. The van der Waals surface area contributed by atoms with Crippen LogP contribution in [0, 0.1) is 0 Å². The standard InChI is InChI=1S/C10H11N3/c1-8(2)7-9-3-5-10(6-4-9)12-13-11/h3-7H,1-2H3. The van der Waals surface area contributed by atoms with Crippen LogP contribution in [-0.2, 0) is 0 Å². The first-order valence-electron chi connectivity index (χ1n) is 4.02. The van der Waals surface area contributed by atoms with Crippen molar-refractivity contribution in [3.05, 3.63) is 45.8 Å². The van der Waals surface area contributed by atoms with Gasteiger partial charge in [0, 0.05) is 10.6 Å². The number of hydrogen-bond donors (Lipinski definition) is 0. The Kier molecular flexibility index (Phi) is 3.12. The van der Waals surface area contributed by atoms with Gasteiger partial charge < -0.3 is 0 Å². The van der Waals surface area contributed by atoms with Crippen LogP contribution in [0.15, 0.2) is 35.0 Å². The van der Waals surface area contributed by atoms with Gasteiger partial charge in [0.2, 0.25) is 0 Å². The van der Waals surface area contributed by atoms with E-state index in [1.165, 1.54) is 5.57 Å². The minimum atomic E-state index is 0.647. The third-order valence-electron chi connectivity index (χ3n) is 1.51. The minimum Gasteiger partial charge on any atom is -0.0758 e. The van der Waals surface area contributed by atoms with Gasteiger partial charge in [0.1, 0.15) is 0 Å². The second-order valence-corrected chi connectivity index (χ2v) is 3.00. The zero-order chi connectivity index (χ0) is 9.68. The van der Waals surface area contributed by atoms with Gasteiger partial charge in [0.15, 0.2) is 0 Å². The van der Waals surface area contributed by atoms with Crippen LogP contribution < -0.4 is 0 Å². The normalized spacial score (nSPS) is 8.77. The molecule has 0 aliphatic heterocycles. The molecule has 0 fully saturated rings. The Morgan fingerprint density at radius 2 is 1.92 bits per heavy atom. The van der Waals surface area contributed by atoms with Crippen LogP contribution in [0.2, 0.25) is 0 Å². The maximum atomic E-state index is 8.18. The quantitative estimate of drug-likeness (QED) is 0.368. The van der Waals surface area contributed by atoms with Crippen LogP contribution in [0.1, 0.15) is 19.4 Å². The summed E-state index contributed by atoms with van der Waals surface area (Å²) in [5.41, 5.74) is 11.2. The highest BCUT2D eigenvalue weighted by atomic mass is 15.1. The molecule has 3 heteroatoms. The largest absolute Gasteiger partial charge is 0.0758 e. The van der Waals surface area contributed by atoms with Gasteiger partial charge in [-0.3, -0.25) is 0 Å². The summed E-state index contributed by atoms with van der Waals surface area (Å²) < 4.78 is 0. The van der Waals surface area contributed by atoms with E-state index in [1.807, 2.05) is 26.0 Å². The van der Waals surface area contributed by atoms with Crippen molar-refractivity contribution in [2.75, 3.05) is 0 Å². The van der Waals surface area contributed by atoms with Crippen molar-refractivity contribution < 1.29 is 0 Å². The fraction of sp³-hybridized carbons (Fsp3) is 0.200. The lowest BCUT2D eigenvalue weighted by Gasteiger charge is -1.95. The van der Waals surface area contributed by atoms with Crippen molar-refractivity contribution in [2.45, 2.75) is 13.8 Å². The lowest BCUT2D eigenvalue weighted by Crippen LogP contribution is -1.71. The van der Waals surface area contributed by atoms with E-state index in [4.69, 9.17) is 5.53 Å². The summed E-state index contributed by atoms with van der Waals surface area (Å²) in [5, 5.41) is 3.49. The van der Waals surface area contributed by atoms with E-state index >= 15 is 0 Å². The van der Waals surface area contributed by atoms with Crippen molar-refractivity contribution in [1.29, 1.82) is 0 Å². The number of azide groups is 1. The van der Waals surface area contributed by atoms with Crippen LogP contribution in [0.3, 0.4) is 0 Å². The Balaban J connectivity index is 2.93. The maximum absolute atomic E-state index is 8.18. The summed E-state index contributed by atoms with van der Waals surface area (Å²) in [4.78, 5) is 2.71. The van der Waals surface area contributed by atoms with Crippen LogP contribution in [0.25, 0.3) is 16.5 Å². The molecule has 0 saturated carbocycles. The number of allylic oxidation sites excluding steroid dienone is 1. The van der Waals surface area contributed by atoms with E-state index in [-0.39, 0.29) is 0 Å². The molecule has 0 radical (unpaired) electrons. The first-order valence-corrected chi connectivity index (χ1v) is 4.02. The smallest absolute Gasteiger partial charge is 0.0375 e. The highest BCUT2D eigenvalue weighted by molar-refractivity contribution is 5.54. The molecule has 0 bridgehead atoms. The summed E-state index contributed by atoms with van der Waals surface area (Å²) in [6, 6.07) is 7.46. The minimum absolute atomic E-state index is 0.647. The fourth-order valence-corrected chi connectivity index (χ4v) is 1.02. The van der Waals surface area contributed by atoms with Gasteiger partial charge in [0.25, 0.3) is 0 Å². The summed E-state index contributed by atoms with van der Waals surface area (Å²) >= 11 is 0. The van der Waals surface area contributed by atoms with Crippen molar-refractivity contribution in [1.82, 2.24) is 0 Å². The Bertz CT molecular complexity index is 352. The molecule has 3 nitrogen and oxygen atoms in total. The molecule has 0 amide bonds. The zero-order valence-corrected chi connectivity index (χ0v) is 7.73. The van der Waals surface area contributed by atoms with E-state index in [2.05, 4.69) is 16.1 Å². The predicted octanol–water partition coefficient (Wildman–Crippen LogP) is 4.05.